The third kappa shape index (κ3) is 4.57. The molecule has 0 fully saturated rings. The van der Waals surface area contributed by atoms with Gasteiger partial charge in [0.25, 0.3) is 5.91 Å². The number of amides is 2. The van der Waals surface area contributed by atoms with Crippen LogP contribution in [0.5, 0.6) is 5.75 Å². The van der Waals surface area contributed by atoms with Crippen LogP contribution in [0.1, 0.15) is 46.6 Å². The quantitative estimate of drug-likeness (QED) is 0.738. The van der Waals surface area contributed by atoms with Crippen LogP contribution in [0, 0.1) is 5.92 Å². The molecule has 2 aromatic rings. The molecule has 0 spiro atoms. The maximum Gasteiger partial charge on any atom is 0.251 e. The third-order valence-corrected chi connectivity index (χ3v) is 5.78. The average molecular weight is 385 g/mol. The molecule has 5 nitrogen and oxygen atoms in total. The Hall–Kier alpha value is -2.60. The van der Waals surface area contributed by atoms with E-state index in [2.05, 4.69) is 12.2 Å². The number of primary amides is 1. The molecule has 1 heterocycles. The molecule has 0 bridgehead atoms. The van der Waals surface area contributed by atoms with Gasteiger partial charge < -0.3 is 15.8 Å². The fourth-order valence-electron chi connectivity index (χ4n) is 3.27. The van der Waals surface area contributed by atoms with Gasteiger partial charge in [-0.25, -0.2) is 0 Å². The van der Waals surface area contributed by atoms with Crippen molar-refractivity contribution in [1.82, 2.24) is 0 Å². The van der Waals surface area contributed by atoms with Gasteiger partial charge in [0.1, 0.15) is 10.8 Å². The van der Waals surface area contributed by atoms with Crippen LogP contribution in [0.25, 0.3) is 6.08 Å². The van der Waals surface area contributed by atoms with Crippen LogP contribution in [0.4, 0.5) is 5.00 Å². The zero-order chi connectivity index (χ0) is 19.4. The van der Waals surface area contributed by atoms with Crippen LogP contribution < -0.4 is 15.8 Å². The predicted octanol–water partition coefficient (Wildman–Crippen LogP) is 4.02. The lowest BCUT2D eigenvalue weighted by molar-refractivity contribution is -0.111. The van der Waals surface area contributed by atoms with E-state index in [0.717, 1.165) is 41.0 Å². The van der Waals surface area contributed by atoms with Gasteiger partial charge in [0, 0.05) is 11.0 Å². The molecule has 0 saturated carbocycles. The standard InChI is InChI=1S/C21H24N2O3S/c1-3-26-15-8-5-14(6-9-15)7-11-18(24)23-21-19(20(22)25)16-10-4-13(2)12-17(16)27-21/h5-9,11,13H,3-4,10,12H2,1-2H3,(H2,22,25)(H,23,24). The highest BCUT2D eigenvalue weighted by atomic mass is 32.1. The minimum atomic E-state index is -0.479. The second-order valence-electron chi connectivity index (χ2n) is 6.74. The molecule has 0 saturated heterocycles. The van der Waals surface area contributed by atoms with E-state index < -0.39 is 5.91 Å². The number of carbonyl (C=O) groups excluding carboxylic acids is 2. The van der Waals surface area contributed by atoms with Gasteiger partial charge in [-0.05, 0) is 61.4 Å². The molecule has 27 heavy (non-hydrogen) atoms. The molecule has 1 unspecified atom stereocenters. The van der Waals surface area contributed by atoms with Crippen molar-refractivity contribution < 1.29 is 14.3 Å². The molecule has 3 rings (SSSR count). The number of hydrogen-bond donors (Lipinski definition) is 2. The number of benzene rings is 1. The molecule has 1 aliphatic rings. The highest BCUT2D eigenvalue weighted by Crippen LogP contribution is 2.39. The summed E-state index contributed by atoms with van der Waals surface area (Å²) in [6.45, 7) is 4.75. The summed E-state index contributed by atoms with van der Waals surface area (Å²) in [5.41, 5.74) is 7.96. The van der Waals surface area contributed by atoms with Gasteiger partial charge in [0.05, 0.1) is 12.2 Å². The SMILES string of the molecule is CCOc1ccc(C=CC(=O)Nc2sc3c(c2C(N)=O)CCC(C)C3)cc1. The van der Waals surface area contributed by atoms with Crippen molar-refractivity contribution in [3.05, 3.63) is 51.9 Å². The number of hydrogen-bond acceptors (Lipinski definition) is 4. The van der Waals surface area contributed by atoms with E-state index in [4.69, 9.17) is 10.5 Å². The van der Waals surface area contributed by atoms with Crippen LogP contribution in [0.3, 0.4) is 0 Å². The van der Waals surface area contributed by atoms with Crippen molar-refractivity contribution in [2.24, 2.45) is 11.7 Å². The van der Waals surface area contributed by atoms with Crippen LogP contribution in [0.15, 0.2) is 30.3 Å². The highest BCUT2D eigenvalue weighted by Gasteiger charge is 2.26. The fourth-order valence-corrected chi connectivity index (χ4v) is 4.69. The van der Waals surface area contributed by atoms with Gasteiger partial charge in [0.15, 0.2) is 0 Å². The van der Waals surface area contributed by atoms with Gasteiger partial charge in [0.2, 0.25) is 5.91 Å². The number of thiophene rings is 1. The summed E-state index contributed by atoms with van der Waals surface area (Å²) in [6, 6.07) is 7.49. The monoisotopic (exact) mass is 384 g/mol. The van der Waals surface area contributed by atoms with Crippen molar-refractivity contribution in [1.29, 1.82) is 0 Å². The van der Waals surface area contributed by atoms with Gasteiger partial charge in [-0.15, -0.1) is 11.3 Å². The molecule has 2 amide bonds. The van der Waals surface area contributed by atoms with Crippen LogP contribution in [-0.4, -0.2) is 18.4 Å². The van der Waals surface area contributed by atoms with E-state index in [1.54, 1.807) is 6.08 Å². The van der Waals surface area contributed by atoms with Gasteiger partial charge in [-0.1, -0.05) is 19.1 Å². The molecule has 1 atom stereocenters. The first-order chi connectivity index (χ1) is 13.0. The van der Waals surface area contributed by atoms with Crippen LogP contribution in [-0.2, 0) is 17.6 Å². The maximum atomic E-state index is 12.3. The van der Waals surface area contributed by atoms with E-state index in [0.29, 0.717) is 23.1 Å². The Morgan fingerprint density at radius 1 is 1.33 bits per heavy atom. The summed E-state index contributed by atoms with van der Waals surface area (Å²) in [5.74, 6) is 0.620. The highest BCUT2D eigenvalue weighted by molar-refractivity contribution is 7.17. The number of ether oxygens (including phenoxy) is 1. The van der Waals surface area contributed by atoms with Gasteiger partial charge in [-0.3, -0.25) is 9.59 Å². The Labute approximate surface area is 163 Å². The number of nitrogens with two attached hydrogens (primary N) is 1. The molecule has 1 aliphatic carbocycles. The summed E-state index contributed by atoms with van der Waals surface area (Å²) >= 11 is 1.47. The van der Waals surface area contributed by atoms with E-state index in [1.165, 1.54) is 17.4 Å². The predicted molar refractivity (Wildman–Crippen MR) is 109 cm³/mol. The molecule has 0 radical (unpaired) electrons. The van der Waals surface area contributed by atoms with E-state index in [1.807, 2.05) is 31.2 Å². The maximum absolute atomic E-state index is 12.3. The molecule has 1 aromatic carbocycles. The molecule has 6 heteroatoms. The van der Waals surface area contributed by atoms with E-state index >= 15 is 0 Å². The van der Waals surface area contributed by atoms with Crippen molar-refractivity contribution in [2.75, 3.05) is 11.9 Å². The smallest absolute Gasteiger partial charge is 0.251 e. The Balaban J connectivity index is 1.73. The molecule has 142 valence electrons. The normalized spacial score (nSPS) is 16.1. The van der Waals surface area contributed by atoms with Crippen molar-refractivity contribution in [2.45, 2.75) is 33.1 Å². The topological polar surface area (TPSA) is 81.4 Å². The molecular formula is C21H24N2O3S. The van der Waals surface area contributed by atoms with Crippen molar-refractivity contribution in [3.8, 4) is 5.75 Å². The summed E-state index contributed by atoms with van der Waals surface area (Å²) in [5, 5.41) is 3.39. The molecule has 1 aromatic heterocycles. The first-order valence-corrected chi connectivity index (χ1v) is 9.95. The molecule has 0 aliphatic heterocycles. The lowest BCUT2D eigenvalue weighted by Gasteiger charge is -2.18. The minimum Gasteiger partial charge on any atom is -0.494 e. The second-order valence-corrected chi connectivity index (χ2v) is 7.85. The Morgan fingerprint density at radius 3 is 2.74 bits per heavy atom. The number of carbonyl (C=O) groups is 2. The zero-order valence-corrected chi connectivity index (χ0v) is 16.4. The molecular weight excluding hydrogens is 360 g/mol. The Morgan fingerprint density at radius 2 is 2.07 bits per heavy atom. The van der Waals surface area contributed by atoms with Crippen LogP contribution >= 0.6 is 11.3 Å². The number of fused-ring (bicyclic) bond motifs is 1. The Bertz CT molecular complexity index is 868. The van der Waals surface area contributed by atoms with E-state index in [-0.39, 0.29) is 5.91 Å². The second kappa shape index (κ2) is 8.39. The van der Waals surface area contributed by atoms with E-state index in [9.17, 15) is 9.59 Å². The van der Waals surface area contributed by atoms with Crippen LogP contribution in [0.2, 0.25) is 0 Å². The van der Waals surface area contributed by atoms with Crippen molar-refractivity contribution >= 4 is 34.2 Å². The largest absolute Gasteiger partial charge is 0.494 e. The van der Waals surface area contributed by atoms with Gasteiger partial charge in [-0.2, -0.15) is 0 Å². The number of anilines is 1. The summed E-state index contributed by atoms with van der Waals surface area (Å²) in [6.07, 6.45) is 5.99. The van der Waals surface area contributed by atoms with Gasteiger partial charge >= 0.3 is 0 Å². The van der Waals surface area contributed by atoms with Crippen molar-refractivity contribution in [3.63, 3.8) is 0 Å². The summed E-state index contributed by atoms with van der Waals surface area (Å²) < 4.78 is 5.40. The Kier molecular flexibility index (Phi) is 5.96. The summed E-state index contributed by atoms with van der Waals surface area (Å²) in [7, 11) is 0. The number of rotatable bonds is 6. The summed E-state index contributed by atoms with van der Waals surface area (Å²) in [4.78, 5) is 25.4. The third-order valence-electron chi connectivity index (χ3n) is 4.61. The number of nitrogens with one attached hydrogen (secondary N) is 1. The first kappa shape index (κ1) is 19.2. The molecule has 3 N–H and O–H groups in total. The zero-order valence-electron chi connectivity index (χ0n) is 15.6. The first-order valence-electron chi connectivity index (χ1n) is 9.14. The minimum absolute atomic E-state index is 0.280. The average Bonchev–Trinajstić information content (AvgIpc) is 2.98. The lowest BCUT2D eigenvalue weighted by atomic mass is 9.88. The lowest BCUT2D eigenvalue weighted by Crippen LogP contribution is -2.18. The fraction of sp³-hybridized carbons (Fsp3) is 0.333.